The number of hydrogen-bond donors (Lipinski definition) is 0. The molecule has 0 saturated carbocycles. The largest absolute Gasteiger partial charge is 0.493 e. The Balaban J connectivity index is 1.18. The van der Waals surface area contributed by atoms with Gasteiger partial charge in [0.15, 0.2) is 16.7 Å². The maximum atomic E-state index is 12.7. The van der Waals surface area contributed by atoms with Gasteiger partial charge < -0.3 is 14.4 Å². The molecule has 1 saturated heterocycles. The summed E-state index contributed by atoms with van der Waals surface area (Å²) in [4.78, 5) is 22.3. The third-order valence-electron chi connectivity index (χ3n) is 6.29. The van der Waals surface area contributed by atoms with Crippen LogP contribution in [0.1, 0.15) is 16.7 Å². The summed E-state index contributed by atoms with van der Waals surface area (Å²) in [7, 11) is 1.62. The van der Waals surface area contributed by atoms with Gasteiger partial charge in [-0.25, -0.2) is 0 Å². The lowest BCUT2D eigenvalue weighted by atomic mass is 10.2. The number of amides is 1. The van der Waals surface area contributed by atoms with Gasteiger partial charge in [0.1, 0.15) is 6.61 Å². The number of amidine groups is 1. The Bertz CT molecular complexity index is 1300. The van der Waals surface area contributed by atoms with E-state index in [4.69, 9.17) is 9.47 Å². The van der Waals surface area contributed by atoms with E-state index in [0.717, 1.165) is 53.5 Å². The maximum absolute atomic E-state index is 12.7. The Morgan fingerprint density at radius 2 is 1.70 bits per heavy atom. The normalized spacial score (nSPS) is 17.2. The molecule has 2 heterocycles. The summed E-state index contributed by atoms with van der Waals surface area (Å²) in [6.45, 7) is 4.99. The van der Waals surface area contributed by atoms with E-state index >= 15 is 0 Å². The molecule has 0 atom stereocenters. The molecule has 0 aromatic heterocycles. The van der Waals surface area contributed by atoms with E-state index in [-0.39, 0.29) is 5.91 Å². The molecule has 3 aromatic rings. The average Bonchev–Trinajstić information content (AvgIpc) is 3.29. The van der Waals surface area contributed by atoms with Gasteiger partial charge in [0.25, 0.3) is 5.91 Å². The molecular formula is C29H28BrN3O3S. The smallest absolute Gasteiger partial charge is 0.286 e. The second kappa shape index (κ2) is 12.0. The number of piperazine rings is 1. The van der Waals surface area contributed by atoms with Crippen LogP contribution in [0, 0.1) is 0 Å². The molecule has 37 heavy (non-hydrogen) atoms. The predicted octanol–water partition coefficient (Wildman–Crippen LogP) is 5.82. The van der Waals surface area contributed by atoms with Crippen LogP contribution in [0.3, 0.4) is 0 Å². The number of thioether (sulfide) groups is 1. The van der Waals surface area contributed by atoms with E-state index in [2.05, 4.69) is 55.0 Å². The van der Waals surface area contributed by atoms with Crippen LogP contribution in [0.5, 0.6) is 11.5 Å². The third kappa shape index (κ3) is 6.63. The Labute approximate surface area is 230 Å². The van der Waals surface area contributed by atoms with Gasteiger partial charge in [-0.3, -0.25) is 9.69 Å². The fraction of sp³-hybridized carbons (Fsp3) is 0.241. The predicted molar refractivity (Wildman–Crippen MR) is 153 cm³/mol. The summed E-state index contributed by atoms with van der Waals surface area (Å²) in [6.07, 6.45) is 1.87. The van der Waals surface area contributed by atoms with Crippen LogP contribution < -0.4 is 9.47 Å². The first-order chi connectivity index (χ1) is 18.1. The van der Waals surface area contributed by atoms with Crippen molar-refractivity contribution in [3.8, 4) is 11.5 Å². The zero-order valence-corrected chi connectivity index (χ0v) is 23.0. The van der Waals surface area contributed by atoms with E-state index in [1.54, 1.807) is 7.11 Å². The number of nitrogens with zero attached hydrogens (tertiary/aromatic N) is 3. The highest BCUT2D eigenvalue weighted by Crippen LogP contribution is 2.34. The minimum atomic E-state index is -0.193. The standard InChI is InChI=1S/C29H28BrN3O3S/c1-35-26-17-23(9-12-25(26)36-20-22-7-10-24(30)11-8-22)18-27-28(34)31-29(37-27)33-15-13-32(14-16-33)19-21-5-3-2-4-6-21/h2-12,17-18H,13-16,19-20H2,1H3/b27-18+. The van der Waals surface area contributed by atoms with Gasteiger partial charge in [-0.15, -0.1) is 0 Å². The van der Waals surface area contributed by atoms with Crippen molar-refractivity contribution in [1.29, 1.82) is 0 Å². The van der Waals surface area contributed by atoms with Gasteiger partial charge in [-0.05, 0) is 58.8 Å². The van der Waals surface area contributed by atoms with Crippen LogP contribution in [-0.4, -0.2) is 54.2 Å². The highest BCUT2D eigenvalue weighted by molar-refractivity contribution is 9.10. The minimum absolute atomic E-state index is 0.193. The molecule has 0 bridgehead atoms. The Morgan fingerprint density at radius 3 is 2.43 bits per heavy atom. The first-order valence-corrected chi connectivity index (χ1v) is 13.8. The van der Waals surface area contributed by atoms with E-state index in [0.29, 0.717) is 23.0 Å². The van der Waals surface area contributed by atoms with Gasteiger partial charge in [0.2, 0.25) is 0 Å². The minimum Gasteiger partial charge on any atom is -0.493 e. The van der Waals surface area contributed by atoms with Crippen LogP contribution in [0.25, 0.3) is 6.08 Å². The van der Waals surface area contributed by atoms with Gasteiger partial charge in [-0.2, -0.15) is 4.99 Å². The molecule has 0 aliphatic carbocycles. The first kappa shape index (κ1) is 25.6. The van der Waals surface area contributed by atoms with Crippen molar-refractivity contribution in [3.63, 3.8) is 0 Å². The summed E-state index contributed by atoms with van der Waals surface area (Å²) < 4.78 is 12.6. The zero-order chi connectivity index (χ0) is 25.6. The second-order valence-electron chi connectivity index (χ2n) is 8.88. The molecule has 0 N–H and O–H groups in total. The molecule has 0 spiro atoms. The molecule has 8 heteroatoms. The molecule has 0 radical (unpaired) electrons. The van der Waals surface area contributed by atoms with Crippen LogP contribution in [0.15, 0.2) is 87.2 Å². The lowest BCUT2D eigenvalue weighted by Crippen LogP contribution is -2.47. The number of halogens is 1. The summed E-state index contributed by atoms with van der Waals surface area (Å²) in [5, 5.41) is 0.789. The van der Waals surface area contributed by atoms with Crippen molar-refractivity contribution in [3.05, 3.63) is 98.9 Å². The molecule has 2 aliphatic rings. The SMILES string of the molecule is COc1cc(/C=C2/SC(N3CCN(Cc4ccccc4)CC3)=NC2=O)ccc1OCc1ccc(Br)cc1. The quantitative estimate of drug-likeness (QED) is 0.329. The van der Waals surface area contributed by atoms with Crippen LogP contribution in [-0.2, 0) is 17.9 Å². The van der Waals surface area contributed by atoms with Crippen molar-refractivity contribution in [2.45, 2.75) is 13.2 Å². The lowest BCUT2D eigenvalue weighted by Gasteiger charge is -2.35. The molecule has 190 valence electrons. The Morgan fingerprint density at radius 1 is 0.946 bits per heavy atom. The van der Waals surface area contributed by atoms with Crippen LogP contribution in [0.2, 0.25) is 0 Å². The second-order valence-corrected chi connectivity index (χ2v) is 10.8. The van der Waals surface area contributed by atoms with E-state index in [1.807, 2.05) is 54.6 Å². The number of aliphatic imine (C=N–C) groups is 1. The van der Waals surface area contributed by atoms with E-state index < -0.39 is 0 Å². The van der Waals surface area contributed by atoms with Gasteiger partial charge in [0.05, 0.1) is 12.0 Å². The number of carbonyl (C=O) groups is 1. The fourth-order valence-electron chi connectivity index (χ4n) is 4.26. The lowest BCUT2D eigenvalue weighted by molar-refractivity contribution is -0.113. The summed E-state index contributed by atoms with van der Waals surface area (Å²) in [5.74, 6) is 1.09. The van der Waals surface area contributed by atoms with Crippen molar-refractivity contribution in [2.24, 2.45) is 4.99 Å². The monoisotopic (exact) mass is 577 g/mol. The highest BCUT2D eigenvalue weighted by atomic mass is 79.9. The van der Waals surface area contributed by atoms with E-state index in [9.17, 15) is 4.79 Å². The van der Waals surface area contributed by atoms with Crippen molar-refractivity contribution >= 4 is 44.8 Å². The molecule has 5 rings (SSSR count). The van der Waals surface area contributed by atoms with Crippen LogP contribution in [0.4, 0.5) is 0 Å². The number of benzene rings is 3. The highest BCUT2D eigenvalue weighted by Gasteiger charge is 2.28. The summed E-state index contributed by atoms with van der Waals surface area (Å²) >= 11 is 4.89. The fourth-order valence-corrected chi connectivity index (χ4v) is 5.49. The van der Waals surface area contributed by atoms with Crippen molar-refractivity contribution in [1.82, 2.24) is 9.80 Å². The first-order valence-electron chi connectivity index (χ1n) is 12.2. The molecule has 0 unspecified atom stereocenters. The Kier molecular flexibility index (Phi) is 8.28. The van der Waals surface area contributed by atoms with Crippen LogP contribution >= 0.6 is 27.7 Å². The van der Waals surface area contributed by atoms with Gasteiger partial charge in [-0.1, -0.05) is 64.5 Å². The van der Waals surface area contributed by atoms with Crippen molar-refractivity contribution < 1.29 is 14.3 Å². The molecule has 1 fully saturated rings. The molecule has 1 amide bonds. The molecule has 3 aromatic carbocycles. The molecule has 6 nitrogen and oxygen atoms in total. The zero-order valence-electron chi connectivity index (χ0n) is 20.6. The van der Waals surface area contributed by atoms with Gasteiger partial charge >= 0.3 is 0 Å². The number of rotatable bonds is 7. The third-order valence-corrected chi connectivity index (χ3v) is 7.87. The number of hydrogen-bond acceptors (Lipinski definition) is 6. The topological polar surface area (TPSA) is 54.4 Å². The molecule has 2 aliphatic heterocycles. The average molecular weight is 579 g/mol. The molecular weight excluding hydrogens is 550 g/mol. The number of methoxy groups -OCH3 is 1. The Hall–Kier alpha value is -3.07. The summed E-state index contributed by atoms with van der Waals surface area (Å²) in [6, 6.07) is 24.2. The van der Waals surface area contributed by atoms with Crippen molar-refractivity contribution in [2.75, 3.05) is 33.3 Å². The van der Waals surface area contributed by atoms with Gasteiger partial charge in [0, 0.05) is 37.2 Å². The van der Waals surface area contributed by atoms with E-state index in [1.165, 1.54) is 17.3 Å². The summed E-state index contributed by atoms with van der Waals surface area (Å²) in [5.41, 5.74) is 3.26. The number of carbonyl (C=O) groups excluding carboxylic acids is 1. The number of ether oxygens (including phenoxy) is 2. The maximum Gasteiger partial charge on any atom is 0.286 e.